The van der Waals surface area contributed by atoms with Crippen LogP contribution in [0, 0.1) is 6.92 Å². The first kappa shape index (κ1) is 22.5. The van der Waals surface area contributed by atoms with Crippen molar-refractivity contribution in [2.45, 2.75) is 38.6 Å². The number of hydrogen-bond acceptors (Lipinski definition) is 7. The van der Waals surface area contributed by atoms with Crippen LogP contribution in [-0.4, -0.2) is 46.0 Å². The number of pyridine rings is 1. The number of nitrogens with two attached hydrogens (primary N) is 1. The van der Waals surface area contributed by atoms with Crippen molar-refractivity contribution in [2.24, 2.45) is 0 Å². The van der Waals surface area contributed by atoms with Gasteiger partial charge in [0, 0.05) is 49.1 Å². The van der Waals surface area contributed by atoms with Gasteiger partial charge in [-0.3, -0.25) is 9.78 Å². The Hall–Kier alpha value is -3.68. The smallest absolute Gasteiger partial charge is 0.253 e. The number of piperidine rings is 1. The molecule has 33 heavy (non-hydrogen) atoms. The number of aromatic nitrogens is 3. The van der Waals surface area contributed by atoms with Gasteiger partial charge in [-0.05, 0) is 55.7 Å². The Morgan fingerprint density at radius 2 is 2.00 bits per heavy atom. The zero-order valence-corrected chi connectivity index (χ0v) is 19.3. The average Bonchev–Trinajstić information content (AvgIpc) is 2.82. The molecule has 1 atom stereocenters. The van der Waals surface area contributed by atoms with Crippen molar-refractivity contribution < 1.29 is 9.53 Å². The molecular formula is C25H30N6O2. The molecule has 1 amide bonds. The molecule has 2 aromatic heterocycles. The van der Waals surface area contributed by atoms with Crippen LogP contribution in [0.3, 0.4) is 0 Å². The lowest BCUT2D eigenvalue weighted by molar-refractivity contribution is 0.0647. The molecule has 0 saturated carbocycles. The molecule has 1 aliphatic heterocycles. The topological polar surface area (TPSA) is 106 Å². The maximum atomic E-state index is 13.5. The summed E-state index contributed by atoms with van der Waals surface area (Å²) in [5, 5.41) is 3.38. The molecule has 3 heterocycles. The van der Waals surface area contributed by atoms with E-state index in [4.69, 9.17) is 10.5 Å². The molecule has 0 spiro atoms. The first-order chi connectivity index (χ1) is 15.9. The van der Waals surface area contributed by atoms with Crippen molar-refractivity contribution in [3.63, 3.8) is 0 Å². The van der Waals surface area contributed by atoms with Crippen LogP contribution in [0.5, 0.6) is 5.75 Å². The predicted octanol–water partition coefficient (Wildman–Crippen LogP) is 3.58. The number of nitrogen functional groups attached to an aromatic ring is 1. The fourth-order valence-corrected chi connectivity index (χ4v) is 4.38. The number of ether oxygens (including phenoxy) is 1. The van der Waals surface area contributed by atoms with Crippen LogP contribution in [0.2, 0.25) is 0 Å². The number of likely N-dealkylation sites (tertiary alicyclic amines) is 1. The van der Waals surface area contributed by atoms with E-state index in [0.29, 0.717) is 42.6 Å². The van der Waals surface area contributed by atoms with Crippen molar-refractivity contribution >= 4 is 17.4 Å². The zero-order chi connectivity index (χ0) is 23.4. The maximum absolute atomic E-state index is 13.5. The number of hydrogen-bond donors (Lipinski definition) is 2. The van der Waals surface area contributed by atoms with E-state index in [-0.39, 0.29) is 11.3 Å². The third-order valence-electron chi connectivity index (χ3n) is 6.14. The van der Waals surface area contributed by atoms with Gasteiger partial charge in [0.2, 0.25) is 0 Å². The van der Waals surface area contributed by atoms with Crippen molar-refractivity contribution in [2.75, 3.05) is 31.2 Å². The summed E-state index contributed by atoms with van der Waals surface area (Å²) in [7, 11) is 1.62. The second kappa shape index (κ2) is 9.44. The Bertz CT molecular complexity index is 1120. The molecule has 0 bridgehead atoms. The summed E-state index contributed by atoms with van der Waals surface area (Å²) < 4.78 is 5.50. The van der Waals surface area contributed by atoms with Gasteiger partial charge in [0.25, 0.3) is 5.91 Å². The minimum Gasteiger partial charge on any atom is -0.495 e. The van der Waals surface area contributed by atoms with E-state index in [1.807, 2.05) is 48.2 Å². The highest BCUT2D eigenvalue weighted by Gasteiger charge is 2.36. The van der Waals surface area contributed by atoms with Crippen LogP contribution in [0.25, 0.3) is 0 Å². The number of benzene rings is 1. The Morgan fingerprint density at radius 1 is 1.21 bits per heavy atom. The molecular weight excluding hydrogens is 416 g/mol. The lowest BCUT2D eigenvalue weighted by atomic mass is 9.78. The molecule has 1 aromatic carbocycles. The van der Waals surface area contributed by atoms with E-state index in [1.54, 1.807) is 19.5 Å². The van der Waals surface area contributed by atoms with Crippen LogP contribution < -0.4 is 15.8 Å². The molecule has 1 aliphatic rings. The predicted molar refractivity (Wildman–Crippen MR) is 128 cm³/mol. The van der Waals surface area contributed by atoms with E-state index >= 15 is 0 Å². The van der Waals surface area contributed by atoms with Crippen molar-refractivity contribution in [3.05, 3.63) is 71.4 Å². The Balaban J connectivity index is 1.54. The molecule has 1 fully saturated rings. The highest BCUT2D eigenvalue weighted by molar-refractivity contribution is 5.95. The summed E-state index contributed by atoms with van der Waals surface area (Å²) in [6.45, 7) is 5.87. The second-order valence-electron chi connectivity index (χ2n) is 8.74. The SMILES string of the molecule is COc1ccc(C(=O)N2CCC[C@](C)(c3cc(N)nc(C)n3)C2)cc1NCc1ccncc1. The third kappa shape index (κ3) is 5.05. The van der Waals surface area contributed by atoms with Crippen molar-refractivity contribution in [1.29, 1.82) is 0 Å². The van der Waals surface area contributed by atoms with E-state index < -0.39 is 0 Å². The Kier molecular flexibility index (Phi) is 6.44. The fourth-order valence-electron chi connectivity index (χ4n) is 4.38. The highest BCUT2D eigenvalue weighted by Crippen LogP contribution is 2.34. The first-order valence-corrected chi connectivity index (χ1v) is 11.1. The number of aryl methyl sites for hydroxylation is 1. The number of nitrogens with one attached hydrogen (secondary N) is 1. The molecule has 0 unspecified atom stereocenters. The average molecular weight is 447 g/mol. The lowest BCUT2D eigenvalue weighted by Gasteiger charge is -2.40. The minimum atomic E-state index is -0.273. The molecule has 0 aliphatic carbocycles. The number of carbonyl (C=O) groups is 1. The molecule has 8 heteroatoms. The van der Waals surface area contributed by atoms with Gasteiger partial charge < -0.3 is 20.7 Å². The van der Waals surface area contributed by atoms with Gasteiger partial charge in [-0.1, -0.05) is 6.92 Å². The lowest BCUT2D eigenvalue weighted by Crippen LogP contribution is -2.47. The van der Waals surface area contributed by atoms with Crippen LogP contribution >= 0.6 is 0 Å². The summed E-state index contributed by atoms with van der Waals surface area (Å²) in [6.07, 6.45) is 5.35. The molecule has 3 aromatic rings. The number of nitrogens with zero attached hydrogens (tertiary/aromatic N) is 4. The Morgan fingerprint density at radius 3 is 2.73 bits per heavy atom. The van der Waals surface area contributed by atoms with Gasteiger partial charge in [-0.2, -0.15) is 0 Å². The fraction of sp³-hybridized carbons (Fsp3) is 0.360. The zero-order valence-electron chi connectivity index (χ0n) is 19.3. The third-order valence-corrected chi connectivity index (χ3v) is 6.14. The number of anilines is 2. The van der Waals surface area contributed by atoms with Gasteiger partial charge in [0.1, 0.15) is 17.4 Å². The summed E-state index contributed by atoms with van der Waals surface area (Å²) >= 11 is 0. The maximum Gasteiger partial charge on any atom is 0.253 e. The molecule has 3 N–H and O–H groups in total. The Labute approximate surface area is 194 Å². The van der Waals surface area contributed by atoms with E-state index in [1.165, 1.54) is 0 Å². The van der Waals surface area contributed by atoms with Gasteiger partial charge in [0.15, 0.2) is 0 Å². The second-order valence-corrected chi connectivity index (χ2v) is 8.74. The van der Waals surface area contributed by atoms with E-state index in [2.05, 4.69) is 27.2 Å². The summed E-state index contributed by atoms with van der Waals surface area (Å²) in [6, 6.07) is 11.2. The van der Waals surface area contributed by atoms with E-state index in [0.717, 1.165) is 29.8 Å². The van der Waals surface area contributed by atoms with E-state index in [9.17, 15) is 4.79 Å². The molecule has 4 rings (SSSR count). The van der Waals surface area contributed by atoms with Crippen LogP contribution in [0.15, 0.2) is 48.8 Å². The normalized spacial score (nSPS) is 18.1. The molecule has 1 saturated heterocycles. The summed E-state index contributed by atoms with van der Waals surface area (Å²) in [5.74, 6) is 1.79. The van der Waals surface area contributed by atoms with Crippen LogP contribution in [0.4, 0.5) is 11.5 Å². The van der Waals surface area contributed by atoms with Crippen molar-refractivity contribution in [1.82, 2.24) is 19.9 Å². The molecule has 172 valence electrons. The summed E-state index contributed by atoms with van der Waals surface area (Å²) in [5.41, 5.74) is 9.08. The largest absolute Gasteiger partial charge is 0.495 e. The minimum absolute atomic E-state index is 0.00529. The molecule has 0 radical (unpaired) electrons. The van der Waals surface area contributed by atoms with Gasteiger partial charge >= 0.3 is 0 Å². The number of carbonyl (C=O) groups excluding carboxylic acids is 1. The quantitative estimate of drug-likeness (QED) is 0.596. The van der Waals surface area contributed by atoms with Gasteiger partial charge in [-0.25, -0.2) is 9.97 Å². The van der Waals surface area contributed by atoms with Gasteiger partial charge in [0.05, 0.1) is 18.5 Å². The van der Waals surface area contributed by atoms with Gasteiger partial charge in [-0.15, -0.1) is 0 Å². The monoisotopic (exact) mass is 446 g/mol. The highest BCUT2D eigenvalue weighted by atomic mass is 16.5. The first-order valence-electron chi connectivity index (χ1n) is 11.1. The van der Waals surface area contributed by atoms with Crippen LogP contribution in [0.1, 0.15) is 47.2 Å². The number of methoxy groups -OCH3 is 1. The van der Waals surface area contributed by atoms with Crippen LogP contribution in [-0.2, 0) is 12.0 Å². The standard InChI is InChI=1S/C25H30N6O2/c1-17-29-22(14-23(26)30-17)25(2)9-4-12-31(16-25)24(32)19-5-6-21(33-3)20(13-19)28-15-18-7-10-27-11-8-18/h5-8,10-11,13-14,28H,4,9,12,15-16H2,1-3H3,(H2,26,29,30)/t25-/m0/s1. The number of rotatable bonds is 6. The summed E-state index contributed by atoms with van der Waals surface area (Å²) in [4.78, 5) is 28.2. The van der Waals surface area contributed by atoms with Crippen molar-refractivity contribution in [3.8, 4) is 5.75 Å². The molecule has 8 nitrogen and oxygen atoms in total. The number of amides is 1.